The molecule has 51 heteroatoms. The summed E-state index contributed by atoms with van der Waals surface area (Å²) in [6.07, 6.45) is -17.7. The van der Waals surface area contributed by atoms with Crippen molar-refractivity contribution in [3.05, 3.63) is 267 Å². The minimum Gasteiger partial charge on any atom is -1.00 e. The van der Waals surface area contributed by atoms with E-state index in [9.17, 15) is 102 Å². The molecule has 8 aromatic carbocycles. The van der Waals surface area contributed by atoms with Crippen molar-refractivity contribution in [3.8, 4) is 106 Å². The molecule has 0 aliphatic carbocycles. The summed E-state index contributed by atoms with van der Waals surface area (Å²) in [5.41, 5.74) is 8.03. The SMILES string of the molecule is CCC(O)c1sc(-c2ccc(C(F)(F)F)cc2)nc1C.CCC(Oc1ccc(-c2noc(=O)[nH]2)c(OC(F)F)c1)c1sc(-c2ccc(C(F)(F)F)cc2)nc1C.CCC(Oc1ccc(C#N)c(OC(F)F)c1)c1sc(-c2ccc(C(F)(F)F)cc2)nc1C.CCC(Oc1ccc(C(N)=NO)c(OC(F)F)c1)c1sc(-c2ccc(C(F)(F)F)cc2)nc1C.Cl.N#Cc1ccc(F)cc1OC(F)F.ONO.[H-].[Na+]. The second-order valence-corrected chi connectivity index (χ2v) is 32.1. The number of nitrogens with zero attached hydrogens (tertiary/aromatic N) is 8. The number of hydrogen-bond acceptors (Lipinski definition) is 26. The van der Waals surface area contributed by atoms with E-state index in [0.717, 1.165) is 97.6 Å². The van der Waals surface area contributed by atoms with Crippen LogP contribution in [0.5, 0.6) is 40.2 Å². The molecule has 5 aromatic heterocycles. The first-order valence-corrected chi connectivity index (χ1v) is 43.0. The van der Waals surface area contributed by atoms with E-state index in [2.05, 4.69) is 58.7 Å². The number of hydrogen-bond donors (Lipinski definition) is 7. The zero-order valence-electron chi connectivity index (χ0n) is 74.7. The monoisotopic (exact) mass is 2090 g/mol. The quantitative estimate of drug-likeness (QED) is 0.00598. The summed E-state index contributed by atoms with van der Waals surface area (Å²) in [4.78, 5) is 34.2. The number of amidine groups is 1. The second-order valence-electron chi connectivity index (χ2n) is 28.0. The summed E-state index contributed by atoms with van der Waals surface area (Å²) in [7, 11) is 0. The topological polar surface area (TPSA) is 354 Å². The fraction of sp³-hybridized carbons (Fsp3) is 0.270. The Hall–Kier alpha value is -12.3. The van der Waals surface area contributed by atoms with Crippen molar-refractivity contribution in [2.45, 2.75) is 157 Å². The van der Waals surface area contributed by atoms with Gasteiger partial charge in [-0.2, -0.15) is 98.3 Å². The van der Waals surface area contributed by atoms with Crippen LogP contribution in [0.2, 0.25) is 0 Å². The van der Waals surface area contributed by atoms with E-state index in [1.54, 1.807) is 39.8 Å². The molecule has 0 aliphatic rings. The van der Waals surface area contributed by atoms with Crippen LogP contribution in [0.4, 0.5) is 92.2 Å². The number of rotatable bonds is 28. The van der Waals surface area contributed by atoms with Crippen LogP contribution in [0.3, 0.4) is 0 Å². The van der Waals surface area contributed by atoms with Gasteiger partial charge in [-0.15, -0.1) is 57.8 Å². The third kappa shape index (κ3) is 33.2. The summed E-state index contributed by atoms with van der Waals surface area (Å²) in [6.45, 7) is 2.04. The van der Waals surface area contributed by atoms with E-state index < -0.39 is 121 Å². The number of ether oxygens (including phenoxy) is 7. The van der Waals surface area contributed by atoms with Crippen LogP contribution < -0.4 is 79.8 Å². The van der Waals surface area contributed by atoms with Gasteiger partial charge in [-0.05, 0) is 150 Å². The van der Waals surface area contributed by atoms with E-state index in [1.807, 2.05) is 27.7 Å². The zero-order chi connectivity index (χ0) is 102. The van der Waals surface area contributed by atoms with Crippen LogP contribution in [0.15, 0.2) is 184 Å². The van der Waals surface area contributed by atoms with Crippen molar-refractivity contribution < 1.29 is 182 Å². The Morgan fingerprint density at radius 2 is 0.750 bits per heavy atom. The van der Waals surface area contributed by atoms with Crippen molar-refractivity contribution in [2.24, 2.45) is 10.9 Å². The average molecular weight is 2100 g/mol. The first kappa shape index (κ1) is 116. The van der Waals surface area contributed by atoms with Crippen LogP contribution in [0.1, 0.15) is 160 Å². The standard InChI is InChI=1S/C23H18F5N3O4S.C22H20F5N3O3S.C22H17F5N2O2S.C14H14F3NOS.C8H4F3NO.ClH.H3NO2.Na.H/c1-3-16(18-11(2)29-20(36-18)12-4-6-13(7-5-12)23(26,27)28)33-14-8-9-15(17(10-14)34-21(24)25)19-30-22(32)35-31-19;1-3-16(32-14-8-9-15(19(28)30-31)17(10-14)33-21(23)24)18-11(2)29-20(34-18)12-4-6-13(7-5-12)22(25,26)27;1-3-17(30-16-9-6-14(11-28)18(10-16)31-21(23)24)19-12(2)29-20(32-19)13-4-7-15(8-5-13)22(25,26)27;1-3-11(19)12-8(2)18-13(20-12)9-4-6-10(7-5-9)14(15,16)17;9-6-2-1-5(4-12)7(3-6)13-8(10)11;;2-1-3;;/h4-10,16,21H,3H2,1-2H3,(H,30,31,32);4-10,16,21,31H,3H2,1-2H3,(H2,28,30);4-10,17,21H,3H2,1-2H3;4-7,11,19H,3H2,1-2H3;1-3,8H;1H;1-3H;;/q;;;;;;;+1;-1. The summed E-state index contributed by atoms with van der Waals surface area (Å²) in [6, 6.07) is 37.4. The molecule has 0 fully saturated rings. The summed E-state index contributed by atoms with van der Waals surface area (Å²) >= 11 is 5.12. The molecule has 24 nitrogen and oxygen atoms in total. The summed E-state index contributed by atoms with van der Waals surface area (Å²) in [5, 5.41) is 58.4. The Morgan fingerprint density at radius 3 is 1.06 bits per heavy atom. The number of oxime groups is 1. The predicted octanol–water partition coefficient (Wildman–Crippen LogP) is 23.9. The fourth-order valence-electron chi connectivity index (χ4n) is 12.2. The van der Waals surface area contributed by atoms with Crippen molar-refractivity contribution >= 4 is 63.6 Å². The van der Waals surface area contributed by atoms with Gasteiger partial charge >= 0.3 is 86.5 Å². The smallest absolute Gasteiger partial charge is 1.00 e. The number of nitriles is 2. The summed E-state index contributed by atoms with van der Waals surface area (Å²) < 4.78 is 306. The number of aliphatic hydroxyl groups is 1. The molecule has 13 aromatic rings. The van der Waals surface area contributed by atoms with E-state index in [0.29, 0.717) is 85.0 Å². The maximum atomic E-state index is 13.0. The van der Waals surface area contributed by atoms with Crippen LogP contribution in [-0.2, 0) is 24.7 Å². The van der Waals surface area contributed by atoms with Crippen LogP contribution in [0.25, 0.3) is 53.7 Å². The maximum absolute atomic E-state index is 13.0. The first-order valence-electron chi connectivity index (χ1n) is 39.7. The molecule has 0 amide bonds. The van der Waals surface area contributed by atoms with Gasteiger partial charge in [0.1, 0.15) is 96.5 Å². The fourth-order valence-corrected chi connectivity index (χ4v) is 16.9. The molecule has 8 N–H and O–H groups in total. The average Bonchev–Trinajstić information content (AvgIpc) is 1.65. The summed E-state index contributed by atoms with van der Waals surface area (Å²) in [5.74, 6) is -2.80. The van der Waals surface area contributed by atoms with Crippen LogP contribution >= 0.6 is 57.8 Å². The van der Waals surface area contributed by atoms with Gasteiger partial charge in [-0.25, -0.2) is 29.1 Å². The first-order chi connectivity index (χ1) is 65.1. The van der Waals surface area contributed by atoms with Crippen LogP contribution in [-0.4, -0.2) is 83.1 Å². The Labute approximate surface area is 827 Å². The van der Waals surface area contributed by atoms with Gasteiger partial charge in [0.05, 0.1) is 92.9 Å². The van der Waals surface area contributed by atoms with Crippen molar-refractivity contribution in [1.29, 1.82) is 10.5 Å². The normalized spacial score (nSPS) is 12.3. The van der Waals surface area contributed by atoms with Gasteiger partial charge < -0.3 is 50.6 Å². The van der Waals surface area contributed by atoms with E-state index in [-0.39, 0.29) is 106 Å². The Kier molecular flexibility index (Phi) is 43.9. The number of thiazole rings is 4. The molecule has 0 saturated heterocycles. The molecule has 5 heterocycles. The van der Waals surface area contributed by atoms with Crippen molar-refractivity contribution in [3.63, 3.8) is 0 Å². The van der Waals surface area contributed by atoms with Gasteiger partial charge in [-0.1, -0.05) is 92.2 Å². The second kappa shape index (κ2) is 52.8. The number of benzene rings is 8. The molecule has 13 rings (SSSR count). The third-order valence-corrected chi connectivity index (χ3v) is 23.9. The van der Waals surface area contributed by atoms with Gasteiger partial charge in [0.25, 0.3) is 0 Å². The van der Waals surface area contributed by atoms with Gasteiger partial charge in [-0.3, -0.25) is 19.9 Å². The number of aromatic nitrogens is 6. The molecular weight excluding hydrogens is 2020 g/mol. The molecule has 746 valence electrons. The van der Waals surface area contributed by atoms with E-state index in [1.165, 1.54) is 148 Å². The van der Waals surface area contributed by atoms with Crippen molar-refractivity contribution in [1.82, 2.24) is 35.7 Å². The van der Waals surface area contributed by atoms with Crippen LogP contribution in [0, 0.1) is 56.2 Å². The number of halogens is 22. The molecule has 4 unspecified atom stereocenters. The van der Waals surface area contributed by atoms with Crippen molar-refractivity contribution in [2.75, 3.05) is 0 Å². The molecule has 0 radical (unpaired) electrons. The molecule has 140 heavy (non-hydrogen) atoms. The van der Waals surface area contributed by atoms with Gasteiger partial charge in [0.2, 0.25) is 0 Å². The molecule has 0 bridgehead atoms. The number of alkyl halides is 20. The van der Waals surface area contributed by atoms with Gasteiger partial charge in [0.15, 0.2) is 11.7 Å². The van der Waals surface area contributed by atoms with Gasteiger partial charge in [0, 0.05) is 46.5 Å². The Morgan fingerprint density at radius 1 is 0.457 bits per heavy atom. The minimum atomic E-state index is -4.44. The molecular formula is C89H78ClF21N11NaO13S4. The predicted molar refractivity (Wildman–Crippen MR) is 471 cm³/mol. The van der Waals surface area contributed by atoms with E-state index >= 15 is 0 Å². The largest absolute Gasteiger partial charge is 1.00 e. The maximum Gasteiger partial charge on any atom is 1.00 e. The number of aromatic amines is 1. The van der Waals surface area contributed by atoms with E-state index in [4.69, 9.17) is 46.1 Å². The third-order valence-electron chi connectivity index (χ3n) is 18.7. The number of nitrogens with two attached hydrogens (primary N) is 1. The Bertz CT molecular complexity index is 6350. The number of aryl methyl sites for hydroxylation is 4. The zero-order valence-corrected chi connectivity index (χ0v) is 79.8. The minimum absolute atomic E-state index is 0. The molecule has 0 saturated carbocycles. The number of aliphatic hydroxyl groups excluding tert-OH is 1. The molecule has 0 spiro atoms. The number of nitrogens with one attached hydrogen (secondary N) is 2. The molecule has 0 aliphatic heterocycles. The molecule has 4 atom stereocenters. The Balaban J connectivity index is 0.000000316. The number of H-pyrrole nitrogens is 1.